The van der Waals surface area contributed by atoms with Gasteiger partial charge in [-0.25, -0.2) is 4.79 Å². The van der Waals surface area contributed by atoms with E-state index in [-0.39, 0.29) is 16.8 Å². The number of hydrogen-bond donors (Lipinski definition) is 0. The van der Waals surface area contributed by atoms with Crippen LogP contribution in [0.3, 0.4) is 0 Å². The fourth-order valence-corrected chi connectivity index (χ4v) is 7.79. The van der Waals surface area contributed by atoms with Gasteiger partial charge in [-0.05, 0) is 106 Å². The number of benzene rings is 6. The van der Waals surface area contributed by atoms with E-state index in [1.807, 2.05) is 60.7 Å². The van der Waals surface area contributed by atoms with Crippen LogP contribution in [0.4, 0.5) is 4.79 Å². The van der Waals surface area contributed by atoms with Crippen molar-refractivity contribution in [1.82, 2.24) is 0 Å². The Labute approximate surface area is 323 Å². The third-order valence-electron chi connectivity index (χ3n) is 11.0. The summed E-state index contributed by atoms with van der Waals surface area (Å²) in [6.45, 7) is 5.89. The van der Waals surface area contributed by atoms with Crippen molar-refractivity contribution >= 4 is 12.1 Å². The minimum absolute atomic E-state index is 0.157. The second-order valence-electron chi connectivity index (χ2n) is 14.8. The molecule has 0 amide bonds. The Morgan fingerprint density at radius 1 is 0.473 bits per heavy atom. The Balaban J connectivity index is 0.964. The summed E-state index contributed by atoms with van der Waals surface area (Å²) in [7, 11) is 1.68. The molecule has 278 valence electrons. The van der Waals surface area contributed by atoms with Gasteiger partial charge in [-0.3, -0.25) is 4.79 Å². The molecule has 6 aromatic rings. The Morgan fingerprint density at radius 2 is 0.818 bits per heavy atom. The van der Waals surface area contributed by atoms with Crippen LogP contribution >= 0.6 is 0 Å². The van der Waals surface area contributed by atoms with Crippen molar-refractivity contribution in [2.24, 2.45) is 0 Å². The van der Waals surface area contributed by atoms with Crippen molar-refractivity contribution in [1.29, 1.82) is 0 Å². The van der Waals surface area contributed by atoms with Gasteiger partial charge in [-0.2, -0.15) is 0 Å². The molecule has 1 fully saturated rings. The number of rotatable bonds is 10. The second kappa shape index (κ2) is 16.1. The predicted molar refractivity (Wildman–Crippen MR) is 217 cm³/mol. The van der Waals surface area contributed by atoms with Crippen LogP contribution in [0, 0.1) is 0 Å². The Hall–Kier alpha value is -6.14. The van der Waals surface area contributed by atoms with Crippen LogP contribution < -0.4 is 18.9 Å². The minimum Gasteiger partial charge on any atom is -0.497 e. The highest BCUT2D eigenvalue weighted by Crippen LogP contribution is 2.45. The normalized spacial score (nSPS) is 13.7. The van der Waals surface area contributed by atoms with Gasteiger partial charge in [-0.1, -0.05) is 130 Å². The summed E-state index contributed by atoms with van der Waals surface area (Å²) in [4.78, 5) is 24.2. The monoisotopic (exact) mass is 730 g/mol. The molecule has 7 rings (SSSR count). The first-order valence-electron chi connectivity index (χ1n) is 18.9. The molecule has 1 aliphatic carbocycles. The predicted octanol–water partition coefficient (Wildman–Crippen LogP) is 12.1. The lowest BCUT2D eigenvalue weighted by Gasteiger charge is -2.38. The summed E-state index contributed by atoms with van der Waals surface area (Å²) in [5.74, 6) is 1.87. The van der Waals surface area contributed by atoms with Gasteiger partial charge in [0.1, 0.15) is 23.0 Å². The average molecular weight is 731 g/mol. The summed E-state index contributed by atoms with van der Waals surface area (Å²) < 4.78 is 21.7. The van der Waals surface area contributed by atoms with Gasteiger partial charge in [-0.15, -0.1) is 0 Å². The first-order chi connectivity index (χ1) is 26.6. The third kappa shape index (κ3) is 8.34. The molecule has 6 aromatic carbocycles. The molecule has 0 heterocycles. The van der Waals surface area contributed by atoms with E-state index in [9.17, 15) is 9.59 Å². The molecule has 0 bridgehead atoms. The molecule has 55 heavy (non-hydrogen) atoms. The maximum Gasteiger partial charge on any atom is 0.519 e. The zero-order valence-corrected chi connectivity index (χ0v) is 31.8. The van der Waals surface area contributed by atoms with E-state index >= 15 is 0 Å². The van der Waals surface area contributed by atoms with Crippen molar-refractivity contribution in [2.75, 3.05) is 7.11 Å². The van der Waals surface area contributed by atoms with Gasteiger partial charge in [0.05, 0.1) is 7.11 Å². The van der Waals surface area contributed by atoms with E-state index in [2.05, 4.69) is 86.6 Å². The van der Waals surface area contributed by atoms with Gasteiger partial charge in [0.2, 0.25) is 0 Å². The average Bonchev–Trinajstić information content (AvgIpc) is 3.22. The van der Waals surface area contributed by atoms with Crippen molar-refractivity contribution in [2.45, 2.75) is 63.7 Å². The summed E-state index contributed by atoms with van der Waals surface area (Å²) in [6.07, 6.45) is 4.69. The first-order valence-corrected chi connectivity index (χ1v) is 18.9. The molecule has 0 aromatic heterocycles. The quantitative estimate of drug-likeness (QED) is 0.0794. The van der Waals surface area contributed by atoms with E-state index in [1.54, 1.807) is 19.2 Å². The van der Waals surface area contributed by atoms with Gasteiger partial charge >= 0.3 is 12.1 Å². The molecule has 0 atom stereocenters. The summed E-state index contributed by atoms with van der Waals surface area (Å²) in [5, 5.41) is 0. The third-order valence-corrected chi connectivity index (χ3v) is 11.0. The Bertz CT molecular complexity index is 2210. The van der Waals surface area contributed by atoms with Crippen LogP contribution in [0.25, 0.3) is 22.3 Å². The maximum atomic E-state index is 12.8. The van der Waals surface area contributed by atoms with Gasteiger partial charge in [0.15, 0.2) is 0 Å². The number of hydrogen-bond acceptors (Lipinski definition) is 6. The molecule has 1 saturated carbocycles. The van der Waals surface area contributed by atoms with E-state index < -0.39 is 6.16 Å². The highest BCUT2D eigenvalue weighted by Gasteiger charge is 2.36. The smallest absolute Gasteiger partial charge is 0.497 e. The molecule has 0 N–H and O–H groups in total. The van der Waals surface area contributed by atoms with Crippen LogP contribution in [0.15, 0.2) is 146 Å². The van der Waals surface area contributed by atoms with Crippen LogP contribution in [0.1, 0.15) is 75.1 Å². The molecule has 1 aliphatic rings. The van der Waals surface area contributed by atoms with Crippen molar-refractivity contribution in [3.05, 3.63) is 168 Å². The number of carbonyl (C=O) groups excluding carboxylic acids is 2. The Morgan fingerprint density at radius 3 is 1.20 bits per heavy atom. The minimum atomic E-state index is -0.794. The topological polar surface area (TPSA) is 71.1 Å². The van der Waals surface area contributed by atoms with Crippen molar-refractivity contribution < 1.29 is 28.5 Å². The summed E-state index contributed by atoms with van der Waals surface area (Å²) in [6, 6.07) is 48.5. The lowest BCUT2D eigenvalue weighted by atomic mass is 9.65. The molecule has 6 nitrogen and oxygen atoms in total. The molecule has 0 radical (unpaired) electrons. The van der Waals surface area contributed by atoms with Crippen LogP contribution in [-0.2, 0) is 15.6 Å². The largest absolute Gasteiger partial charge is 0.519 e. The number of carbonyl (C=O) groups is 2. The SMILES string of the molecule is COc1ccc(-c2ccc(C(C)(C)c3ccc(-c4ccc(OC(=O)Oc5ccc(C6(c7ccc(OC(C)=O)cc7)CCCCC6)cc5)cc4)cc3)cc2)cc1. The number of methoxy groups -OCH3 is 1. The van der Waals surface area contributed by atoms with Gasteiger partial charge < -0.3 is 18.9 Å². The van der Waals surface area contributed by atoms with Crippen molar-refractivity contribution in [3.63, 3.8) is 0 Å². The second-order valence-corrected chi connectivity index (χ2v) is 14.8. The number of ether oxygens (including phenoxy) is 4. The lowest BCUT2D eigenvalue weighted by molar-refractivity contribution is -0.131. The molecule has 0 unspecified atom stereocenters. The number of esters is 1. The van der Waals surface area contributed by atoms with E-state index in [4.69, 9.17) is 18.9 Å². The molecule has 6 heteroatoms. The van der Waals surface area contributed by atoms with E-state index in [0.29, 0.717) is 17.2 Å². The molecule has 0 saturated heterocycles. The van der Waals surface area contributed by atoms with Crippen LogP contribution in [-0.4, -0.2) is 19.2 Å². The lowest BCUT2D eigenvalue weighted by Crippen LogP contribution is -2.30. The van der Waals surface area contributed by atoms with Crippen molar-refractivity contribution in [3.8, 4) is 45.3 Å². The van der Waals surface area contributed by atoms with Crippen LogP contribution in [0.2, 0.25) is 0 Å². The van der Waals surface area contributed by atoms with Gasteiger partial charge in [0.25, 0.3) is 0 Å². The molecule has 0 aliphatic heterocycles. The van der Waals surface area contributed by atoms with Gasteiger partial charge in [0, 0.05) is 17.8 Å². The molecular formula is C49H46O6. The highest BCUT2D eigenvalue weighted by atomic mass is 16.7. The molecular weight excluding hydrogens is 685 g/mol. The van der Waals surface area contributed by atoms with E-state index in [0.717, 1.165) is 48.1 Å². The fourth-order valence-electron chi connectivity index (χ4n) is 7.79. The summed E-state index contributed by atoms with van der Waals surface area (Å²) >= 11 is 0. The fraction of sp³-hybridized carbons (Fsp3) is 0.224. The Kier molecular flexibility index (Phi) is 10.9. The maximum absolute atomic E-state index is 12.8. The van der Waals surface area contributed by atoms with E-state index in [1.165, 1.54) is 41.2 Å². The summed E-state index contributed by atoms with van der Waals surface area (Å²) in [5.41, 5.74) is 8.86. The zero-order valence-electron chi connectivity index (χ0n) is 31.8. The zero-order chi connectivity index (χ0) is 38.4. The molecule has 0 spiro atoms. The standard InChI is InChI=1S/C49H46O6/c1-34(50)53-44-28-20-41(21-29-44)49(32-6-5-7-33-49)42-22-30-46(31-23-42)55-47(51)54-45-26-14-38(15-27-45)36-10-18-40(19-11-36)48(2,3)39-16-8-35(9-17-39)37-12-24-43(52-4)25-13-37/h8-31H,5-7,32-33H2,1-4H3. The highest BCUT2D eigenvalue weighted by molar-refractivity contribution is 5.70. The van der Waals surface area contributed by atoms with Crippen LogP contribution in [0.5, 0.6) is 23.0 Å². The first kappa shape index (κ1) is 37.2.